The minimum absolute atomic E-state index is 0.134. The Morgan fingerprint density at radius 3 is 2.77 bits per heavy atom. The zero-order valence-electron chi connectivity index (χ0n) is 16.6. The van der Waals surface area contributed by atoms with E-state index in [-0.39, 0.29) is 24.1 Å². The van der Waals surface area contributed by atoms with Crippen LogP contribution in [-0.4, -0.2) is 21.8 Å². The van der Waals surface area contributed by atoms with E-state index in [0.29, 0.717) is 23.0 Å². The predicted molar refractivity (Wildman–Crippen MR) is 121 cm³/mol. The number of halogens is 3. The summed E-state index contributed by atoms with van der Waals surface area (Å²) in [6.07, 6.45) is 4.39. The summed E-state index contributed by atoms with van der Waals surface area (Å²) < 4.78 is 15.9. The van der Waals surface area contributed by atoms with E-state index in [2.05, 4.69) is 10.3 Å². The average molecular weight is 456 g/mol. The molecule has 0 fully saturated rings. The van der Waals surface area contributed by atoms with Crippen LogP contribution in [0.4, 0.5) is 4.39 Å². The number of pyridine rings is 1. The molecule has 0 saturated heterocycles. The van der Waals surface area contributed by atoms with E-state index in [1.54, 1.807) is 24.4 Å². The Balaban J connectivity index is 1.51. The molecule has 2 heterocycles. The third kappa shape index (κ3) is 5.06. The monoisotopic (exact) mass is 455 g/mol. The second-order valence-corrected chi connectivity index (χ2v) is 8.10. The summed E-state index contributed by atoms with van der Waals surface area (Å²) in [5, 5.41) is 4.09. The quantitative estimate of drug-likeness (QED) is 0.390. The number of benzene rings is 2. The molecule has 0 saturated carbocycles. The van der Waals surface area contributed by atoms with Gasteiger partial charge in [0.25, 0.3) is 0 Å². The first-order valence-electron chi connectivity index (χ1n) is 9.89. The average Bonchev–Trinajstić information content (AvgIpc) is 3.17. The van der Waals surface area contributed by atoms with Gasteiger partial charge in [-0.3, -0.25) is 4.79 Å². The van der Waals surface area contributed by atoms with Crippen LogP contribution in [-0.2, 0) is 11.2 Å². The van der Waals surface area contributed by atoms with Crippen LogP contribution < -0.4 is 5.32 Å². The van der Waals surface area contributed by atoms with Crippen LogP contribution in [0.25, 0.3) is 5.65 Å². The Bertz CT molecular complexity index is 1220. The molecule has 7 heteroatoms. The van der Waals surface area contributed by atoms with Crippen molar-refractivity contribution in [2.45, 2.75) is 18.8 Å². The Labute approximate surface area is 189 Å². The zero-order chi connectivity index (χ0) is 21.8. The molecule has 2 aromatic heterocycles. The van der Waals surface area contributed by atoms with E-state index in [0.717, 1.165) is 22.5 Å². The van der Waals surface area contributed by atoms with Gasteiger partial charge >= 0.3 is 0 Å². The highest BCUT2D eigenvalue weighted by molar-refractivity contribution is 6.35. The summed E-state index contributed by atoms with van der Waals surface area (Å²) in [4.78, 5) is 17.2. The van der Waals surface area contributed by atoms with Gasteiger partial charge in [-0.2, -0.15) is 0 Å². The zero-order valence-corrected chi connectivity index (χ0v) is 18.1. The van der Waals surface area contributed by atoms with E-state index in [1.165, 1.54) is 12.1 Å². The molecule has 31 heavy (non-hydrogen) atoms. The summed E-state index contributed by atoms with van der Waals surface area (Å²) in [6, 6.07) is 17.3. The molecule has 0 aliphatic carbocycles. The minimum Gasteiger partial charge on any atom is -0.356 e. The number of carbonyl (C=O) groups excluding carboxylic acids is 1. The summed E-state index contributed by atoms with van der Waals surface area (Å²) in [6.45, 7) is 0.434. The van der Waals surface area contributed by atoms with Gasteiger partial charge in [0, 0.05) is 41.3 Å². The number of hydrogen-bond acceptors (Lipinski definition) is 2. The molecule has 1 atom stereocenters. The normalized spacial score (nSPS) is 12.1. The van der Waals surface area contributed by atoms with E-state index in [1.807, 2.05) is 40.9 Å². The predicted octanol–water partition coefficient (Wildman–Crippen LogP) is 5.66. The smallest absolute Gasteiger partial charge is 0.221 e. The Kier molecular flexibility index (Phi) is 6.54. The van der Waals surface area contributed by atoms with Gasteiger partial charge in [-0.15, -0.1) is 0 Å². The number of amides is 1. The van der Waals surface area contributed by atoms with Crippen molar-refractivity contribution in [2.75, 3.05) is 6.54 Å². The molecule has 2 aromatic carbocycles. The highest BCUT2D eigenvalue weighted by Crippen LogP contribution is 2.29. The van der Waals surface area contributed by atoms with Crippen molar-refractivity contribution in [1.29, 1.82) is 0 Å². The highest BCUT2D eigenvalue weighted by atomic mass is 35.5. The molecule has 0 aliphatic rings. The maximum Gasteiger partial charge on any atom is 0.221 e. The van der Waals surface area contributed by atoms with Gasteiger partial charge in [0.15, 0.2) is 0 Å². The van der Waals surface area contributed by atoms with Gasteiger partial charge in [-0.05, 0) is 53.9 Å². The third-order valence-corrected chi connectivity index (χ3v) is 5.76. The molecule has 158 valence electrons. The molecule has 1 N–H and O–H groups in total. The van der Waals surface area contributed by atoms with Crippen molar-refractivity contribution in [3.05, 3.63) is 106 Å². The summed E-state index contributed by atoms with van der Waals surface area (Å²) in [7, 11) is 0. The molecular weight excluding hydrogens is 436 g/mol. The van der Waals surface area contributed by atoms with Crippen LogP contribution in [0.3, 0.4) is 0 Å². The molecule has 4 nitrogen and oxygen atoms in total. The lowest BCUT2D eigenvalue weighted by molar-refractivity contribution is -0.121. The molecule has 4 aromatic rings. The Hall–Kier alpha value is -2.89. The fourth-order valence-electron chi connectivity index (χ4n) is 3.65. The topological polar surface area (TPSA) is 46.4 Å². The van der Waals surface area contributed by atoms with Crippen LogP contribution >= 0.6 is 23.2 Å². The van der Waals surface area contributed by atoms with Crippen LogP contribution in [0, 0.1) is 5.82 Å². The lowest BCUT2D eigenvalue weighted by Crippen LogP contribution is -2.27. The number of nitrogens with one attached hydrogen (secondary N) is 1. The molecule has 0 aliphatic heterocycles. The summed E-state index contributed by atoms with van der Waals surface area (Å²) in [5.74, 6) is -0.813. The van der Waals surface area contributed by atoms with Gasteiger partial charge in [-0.1, -0.05) is 47.5 Å². The van der Waals surface area contributed by atoms with Gasteiger partial charge in [0.1, 0.15) is 11.5 Å². The first kappa shape index (κ1) is 21.3. The molecule has 4 rings (SSSR count). The number of carbonyl (C=O) groups is 1. The second kappa shape index (κ2) is 9.50. The fourth-order valence-corrected chi connectivity index (χ4v) is 4.15. The van der Waals surface area contributed by atoms with Crippen molar-refractivity contribution in [3.8, 4) is 0 Å². The molecule has 0 bridgehead atoms. The number of fused-ring (bicyclic) bond motifs is 1. The van der Waals surface area contributed by atoms with Crippen LogP contribution in [0.2, 0.25) is 10.0 Å². The van der Waals surface area contributed by atoms with Crippen LogP contribution in [0.15, 0.2) is 73.1 Å². The van der Waals surface area contributed by atoms with Crippen LogP contribution in [0.5, 0.6) is 0 Å². The van der Waals surface area contributed by atoms with Crippen molar-refractivity contribution >= 4 is 34.8 Å². The molecular formula is C24H20Cl2FN3O. The summed E-state index contributed by atoms with van der Waals surface area (Å²) >= 11 is 12.1. The van der Waals surface area contributed by atoms with E-state index in [9.17, 15) is 9.18 Å². The highest BCUT2D eigenvalue weighted by Gasteiger charge is 2.22. The van der Waals surface area contributed by atoms with Gasteiger partial charge in [0.05, 0.1) is 5.69 Å². The van der Waals surface area contributed by atoms with Crippen molar-refractivity contribution in [3.63, 3.8) is 0 Å². The van der Waals surface area contributed by atoms with Gasteiger partial charge in [0.2, 0.25) is 5.91 Å². The molecule has 1 unspecified atom stereocenters. The number of imidazole rings is 1. The first-order chi connectivity index (χ1) is 15.0. The lowest BCUT2D eigenvalue weighted by atomic mass is 9.92. The minimum atomic E-state index is -0.341. The van der Waals surface area contributed by atoms with Crippen molar-refractivity contribution in [1.82, 2.24) is 14.7 Å². The SMILES string of the molecule is O=C(CC(c1cccc(F)c1)c1cnc2ccccn12)NCCc1ccc(Cl)cc1Cl. The number of nitrogens with zero attached hydrogens (tertiary/aromatic N) is 2. The molecule has 0 spiro atoms. The van der Waals surface area contributed by atoms with Crippen LogP contribution in [0.1, 0.15) is 29.2 Å². The number of hydrogen-bond donors (Lipinski definition) is 1. The van der Waals surface area contributed by atoms with Crippen molar-refractivity contribution in [2.24, 2.45) is 0 Å². The standard InChI is InChI=1S/C24H20Cl2FN3O/c25-18-8-7-16(21(26)13-18)9-10-28-24(31)14-20(17-4-3-5-19(27)12-17)22-15-29-23-6-1-2-11-30(22)23/h1-8,11-13,15,20H,9-10,14H2,(H,28,31). The van der Waals surface area contributed by atoms with E-state index in [4.69, 9.17) is 23.2 Å². The molecule has 1 amide bonds. The summed E-state index contributed by atoms with van der Waals surface area (Å²) in [5.41, 5.74) is 3.24. The Morgan fingerprint density at radius 2 is 1.97 bits per heavy atom. The van der Waals surface area contributed by atoms with E-state index < -0.39 is 0 Å². The Morgan fingerprint density at radius 1 is 1.10 bits per heavy atom. The second-order valence-electron chi connectivity index (χ2n) is 7.26. The fraction of sp³-hybridized carbons (Fsp3) is 0.167. The van der Waals surface area contributed by atoms with Crippen molar-refractivity contribution < 1.29 is 9.18 Å². The number of rotatable bonds is 7. The third-order valence-electron chi connectivity index (χ3n) is 5.17. The maximum atomic E-state index is 13.9. The van der Waals surface area contributed by atoms with Gasteiger partial charge in [-0.25, -0.2) is 9.37 Å². The maximum absolute atomic E-state index is 13.9. The van der Waals surface area contributed by atoms with E-state index >= 15 is 0 Å². The van der Waals surface area contributed by atoms with Gasteiger partial charge < -0.3 is 9.72 Å². The first-order valence-corrected chi connectivity index (χ1v) is 10.6. The number of aromatic nitrogens is 2. The largest absolute Gasteiger partial charge is 0.356 e. The lowest BCUT2D eigenvalue weighted by Gasteiger charge is -2.17. The molecule has 0 radical (unpaired) electrons.